The third-order valence-corrected chi connectivity index (χ3v) is 4.89. The largest absolute Gasteiger partial charge is 0.302 e. The van der Waals surface area contributed by atoms with Crippen LogP contribution in [0.25, 0.3) is 11.1 Å². The first-order chi connectivity index (χ1) is 13.7. The molecular weight excluding hydrogens is 350 g/mol. The molecule has 2 N–H and O–H groups in total. The highest BCUT2D eigenvalue weighted by Gasteiger charge is 2.07. The molecule has 0 saturated heterocycles. The molecule has 1 aromatic carbocycles. The minimum Gasteiger partial charge on any atom is -0.302 e. The highest BCUT2D eigenvalue weighted by Crippen LogP contribution is 2.21. The van der Waals surface area contributed by atoms with E-state index < -0.39 is 5.91 Å². The molecule has 1 aliphatic rings. The second kappa shape index (κ2) is 9.97. The number of carbonyl (C=O) groups is 1. The van der Waals surface area contributed by atoms with Gasteiger partial charge >= 0.3 is 0 Å². The van der Waals surface area contributed by atoms with Gasteiger partial charge in [0.05, 0.1) is 0 Å². The number of rotatable bonds is 8. The molecule has 1 amide bonds. The summed E-state index contributed by atoms with van der Waals surface area (Å²) in [6.07, 6.45) is 13.2. The summed E-state index contributed by atoms with van der Waals surface area (Å²) in [5, 5.41) is 8.68. The summed E-state index contributed by atoms with van der Waals surface area (Å²) in [4.78, 5) is 17.8. The smallest absolute Gasteiger partial charge is 0.293 e. The molecule has 3 rings (SSSR count). The average Bonchev–Trinajstić information content (AvgIpc) is 2.74. The third-order valence-electron chi connectivity index (χ3n) is 4.89. The molecule has 0 fully saturated rings. The lowest BCUT2D eigenvalue weighted by atomic mass is 10.0. The highest BCUT2D eigenvalue weighted by atomic mass is 16.5. The molecule has 2 aromatic rings. The van der Waals surface area contributed by atoms with Crippen molar-refractivity contribution in [2.45, 2.75) is 32.2 Å². The van der Waals surface area contributed by atoms with Crippen molar-refractivity contribution in [2.24, 2.45) is 0 Å². The van der Waals surface area contributed by atoms with Crippen molar-refractivity contribution in [1.29, 1.82) is 0 Å². The van der Waals surface area contributed by atoms with Crippen LogP contribution in [0.1, 0.15) is 41.7 Å². The van der Waals surface area contributed by atoms with Gasteiger partial charge in [0, 0.05) is 18.3 Å². The lowest BCUT2D eigenvalue weighted by Gasteiger charge is -2.17. The normalized spacial score (nSPS) is 13.5. The van der Waals surface area contributed by atoms with Gasteiger partial charge in [0.1, 0.15) is 5.69 Å². The molecule has 1 aromatic heterocycles. The molecule has 0 atom stereocenters. The van der Waals surface area contributed by atoms with Crippen LogP contribution in [-0.2, 0) is 6.54 Å². The van der Waals surface area contributed by atoms with Gasteiger partial charge in [-0.1, -0.05) is 48.1 Å². The molecule has 146 valence electrons. The molecule has 0 spiro atoms. The summed E-state index contributed by atoms with van der Waals surface area (Å²) < 4.78 is 0. The number of pyridine rings is 1. The summed E-state index contributed by atoms with van der Waals surface area (Å²) in [7, 11) is 2.15. The molecule has 0 saturated carbocycles. The minimum absolute atomic E-state index is 0.185. The number of nitrogens with one attached hydrogen (secondary N) is 1. The van der Waals surface area contributed by atoms with E-state index in [1.165, 1.54) is 24.0 Å². The van der Waals surface area contributed by atoms with Crippen molar-refractivity contribution in [3.8, 4) is 11.1 Å². The zero-order chi connectivity index (χ0) is 19.8. The minimum atomic E-state index is -0.610. The summed E-state index contributed by atoms with van der Waals surface area (Å²) >= 11 is 0. The molecule has 28 heavy (non-hydrogen) atoms. The second-order valence-corrected chi connectivity index (χ2v) is 7.17. The van der Waals surface area contributed by atoms with Crippen molar-refractivity contribution in [3.63, 3.8) is 0 Å². The van der Waals surface area contributed by atoms with Gasteiger partial charge in [-0.3, -0.25) is 15.0 Å². The Morgan fingerprint density at radius 3 is 2.82 bits per heavy atom. The Bertz CT molecular complexity index is 856. The van der Waals surface area contributed by atoms with Crippen LogP contribution < -0.4 is 5.48 Å². The fraction of sp³-hybridized carbons (Fsp3) is 0.304. The van der Waals surface area contributed by atoms with E-state index >= 15 is 0 Å². The van der Waals surface area contributed by atoms with Gasteiger partial charge in [-0.15, -0.1) is 0 Å². The number of hydroxylamine groups is 1. The predicted molar refractivity (Wildman–Crippen MR) is 111 cm³/mol. The Morgan fingerprint density at radius 1 is 1.21 bits per heavy atom. The van der Waals surface area contributed by atoms with Crippen LogP contribution in [0, 0.1) is 0 Å². The van der Waals surface area contributed by atoms with E-state index in [0.29, 0.717) is 0 Å². The quantitative estimate of drug-likeness (QED) is 0.530. The molecular formula is C23H27N3O2. The van der Waals surface area contributed by atoms with E-state index in [1.807, 2.05) is 18.2 Å². The standard InChI is InChI=1S/C23H27N3O2/c1-26(14-6-10-18-7-3-2-4-8-18)17-19-9-5-11-20(15-19)21-12-13-22(24-16-21)23(27)25-28/h3,5,7-9,11-13,15-16,28H,2,4,6,10,14,17H2,1H3,(H,25,27). The van der Waals surface area contributed by atoms with E-state index in [0.717, 1.165) is 37.1 Å². The van der Waals surface area contributed by atoms with Crippen LogP contribution in [0.3, 0.4) is 0 Å². The van der Waals surface area contributed by atoms with E-state index in [2.05, 4.69) is 47.3 Å². The first kappa shape index (κ1) is 20.0. The number of hydrogen-bond acceptors (Lipinski definition) is 4. The molecule has 0 radical (unpaired) electrons. The van der Waals surface area contributed by atoms with Crippen molar-refractivity contribution < 1.29 is 10.0 Å². The van der Waals surface area contributed by atoms with Crippen LogP contribution >= 0.6 is 0 Å². The number of amides is 1. The van der Waals surface area contributed by atoms with Crippen molar-refractivity contribution in [2.75, 3.05) is 13.6 Å². The van der Waals surface area contributed by atoms with Crippen molar-refractivity contribution in [1.82, 2.24) is 15.4 Å². The SMILES string of the molecule is CN(CCCC1=CCCC=C1)Cc1cccc(-c2ccc(C(=O)NO)nc2)c1. The van der Waals surface area contributed by atoms with Gasteiger partial charge in [-0.05, 0) is 62.5 Å². The zero-order valence-electron chi connectivity index (χ0n) is 16.3. The first-order valence-corrected chi connectivity index (χ1v) is 9.69. The van der Waals surface area contributed by atoms with Crippen molar-refractivity contribution in [3.05, 3.63) is 77.7 Å². The fourth-order valence-electron chi connectivity index (χ4n) is 3.40. The molecule has 1 aliphatic carbocycles. The summed E-state index contributed by atoms with van der Waals surface area (Å²) in [6.45, 7) is 1.95. The van der Waals surface area contributed by atoms with E-state index in [9.17, 15) is 4.79 Å². The Balaban J connectivity index is 1.56. The number of nitrogens with zero attached hydrogens (tertiary/aromatic N) is 2. The first-order valence-electron chi connectivity index (χ1n) is 9.69. The van der Waals surface area contributed by atoms with Crippen LogP contribution in [0.2, 0.25) is 0 Å². The van der Waals surface area contributed by atoms with Gasteiger partial charge in [0.2, 0.25) is 0 Å². The maximum atomic E-state index is 11.4. The van der Waals surface area contributed by atoms with Crippen LogP contribution in [0.15, 0.2) is 66.4 Å². The average molecular weight is 377 g/mol. The number of aromatic nitrogens is 1. The van der Waals surface area contributed by atoms with Crippen LogP contribution in [-0.4, -0.2) is 34.6 Å². The number of carbonyl (C=O) groups excluding carboxylic acids is 1. The molecule has 0 bridgehead atoms. The Labute approximate surface area is 166 Å². The maximum absolute atomic E-state index is 11.4. The van der Waals surface area contributed by atoms with Gasteiger partial charge < -0.3 is 4.90 Å². The molecule has 1 heterocycles. The topological polar surface area (TPSA) is 65.5 Å². The van der Waals surface area contributed by atoms with E-state index in [4.69, 9.17) is 5.21 Å². The van der Waals surface area contributed by atoms with Gasteiger partial charge in [0.15, 0.2) is 0 Å². The third kappa shape index (κ3) is 5.62. The predicted octanol–water partition coefficient (Wildman–Crippen LogP) is 4.36. The van der Waals surface area contributed by atoms with Crippen LogP contribution in [0.4, 0.5) is 0 Å². The monoisotopic (exact) mass is 377 g/mol. The summed E-state index contributed by atoms with van der Waals surface area (Å²) in [6, 6.07) is 11.8. The van der Waals surface area contributed by atoms with Crippen molar-refractivity contribution >= 4 is 5.91 Å². The molecule has 5 nitrogen and oxygen atoms in total. The number of benzene rings is 1. The highest BCUT2D eigenvalue weighted by molar-refractivity contribution is 5.91. The van der Waals surface area contributed by atoms with Crippen LogP contribution in [0.5, 0.6) is 0 Å². The number of hydrogen-bond donors (Lipinski definition) is 2. The summed E-state index contributed by atoms with van der Waals surface area (Å²) in [5.74, 6) is -0.610. The lowest BCUT2D eigenvalue weighted by Crippen LogP contribution is -2.19. The second-order valence-electron chi connectivity index (χ2n) is 7.17. The van der Waals surface area contributed by atoms with Gasteiger partial charge in [0.25, 0.3) is 5.91 Å². The van der Waals surface area contributed by atoms with Gasteiger partial charge in [-0.2, -0.15) is 0 Å². The van der Waals surface area contributed by atoms with E-state index in [1.54, 1.807) is 17.7 Å². The zero-order valence-corrected chi connectivity index (χ0v) is 16.3. The molecule has 0 aliphatic heterocycles. The molecule has 0 unspecified atom stereocenters. The Hall–Kier alpha value is -2.76. The summed E-state index contributed by atoms with van der Waals surface area (Å²) in [5.41, 5.74) is 6.49. The Kier molecular flexibility index (Phi) is 7.12. The van der Waals surface area contributed by atoms with Gasteiger partial charge in [-0.25, -0.2) is 5.48 Å². The molecule has 5 heteroatoms. The Morgan fingerprint density at radius 2 is 2.11 bits per heavy atom. The maximum Gasteiger partial charge on any atom is 0.293 e. The fourth-order valence-corrected chi connectivity index (χ4v) is 3.40. The number of allylic oxidation sites excluding steroid dienone is 4. The van der Waals surface area contributed by atoms with E-state index in [-0.39, 0.29) is 5.69 Å². The lowest BCUT2D eigenvalue weighted by molar-refractivity contribution is 0.0701.